The monoisotopic (exact) mass is 149 g/mol. The minimum atomic E-state index is 0.804. The van der Waals surface area contributed by atoms with Crippen LogP contribution in [0.15, 0.2) is 22.0 Å². The smallest absolute Gasteiger partial charge is 0.166 e. The first-order chi connectivity index (χ1) is 4.97. The summed E-state index contributed by atoms with van der Waals surface area (Å²) < 4.78 is 0. The van der Waals surface area contributed by atoms with Crippen LogP contribution in [0.25, 0.3) is 0 Å². The molecule has 1 aromatic rings. The number of aliphatic imine (C=N–C) groups is 1. The molecule has 3 heteroatoms. The lowest BCUT2D eigenvalue weighted by Gasteiger charge is -2.04. The van der Waals surface area contributed by atoms with E-state index in [1.807, 2.05) is 18.3 Å². The molecule has 0 unspecified atom stereocenters. The van der Waals surface area contributed by atoms with Crippen LogP contribution in [0.1, 0.15) is 0 Å². The molecule has 0 saturated heterocycles. The summed E-state index contributed by atoms with van der Waals surface area (Å²) in [6.45, 7) is 0. The molecule has 0 saturated carbocycles. The van der Waals surface area contributed by atoms with Crippen molar-refractivity contribution in [1.82, 2.24) is 4.98 Å². The standard InChI is InChI=1S/C7H5N2S/c1-2-6-7(8-3-1)9-4-5-10-6/h1-2,4H,5H2. The first-order valence-electron chi connectivity index (χ1n) is 2.99. The first kappa shape index (κ1) is 5.92. The van der Waals surface area contributed by atoms with E-state index in [1.165, 1.54) is 0 Å². The van der Waals surface area contributed by atoms with Crippen molar-refractivity contribution in [3.8, 4) is 0 Å². The quantitative estimate of drug-likeness (QED) is 0.561. The van der Waals surface area contributed by atoms with Crippen molar-refractivity contribution >= 4 is 23.8 Å². The van der Waals surface area contributed by atoms with Gasteiger partial charge in [-0.15, -0.1) is 11.8 Å². The molecule has 1 aromatic heterocycles. The van der Waals surface area contributed by atoms with E-state index in [9.17, 15) is 0 Å². The predicted molar refractivity (Wildman–Crippen MR) is 41.9 cm³/mol. The number of rotatable bonds is 0. The second kappa shape index (κ2) is 2.42. The van der Waals surface area contributed by atoms with E-state index >= 15 is 0 Å². The highest BCUT2D eigenvalue weighted by Gasteiger charge is 2.04. The topological polar surface area (TPSA) is 25.2 Å². The van der Waals surface area contributed by atoms with Gasteiger partial charge in [0, 0.05) is 12.0 Å². The molecular weight excluding hydrogens is 144 g/mol. The van der Waals surface area contributed by atoms with Gasteiger partial charge >= 0.3 is 0 Å². The molecule has 0 atom stereocenters. The number of pyridine rings is 1. The Balaban J connectivity index is 2.54. The fourth-order valence-electron chi connectivity index (χ4n) is 0.797. The maximum absolute atomic E-state index is 4.10. The molecule has 0 spiro atoms. The van der Waals surface area contributed by atoms with Gasteiger partial charge in [0.1, 0.15) is 0 Å². The van der Waals surface area contributed by atoms with Crippen molar-refractivity contribution in [3.05, 3.63) is 18.3 Å². The SMILES string of the molecule is [c]1ccc2c(n1)N=CCS2. The summed E-state index contributed by atoms with van der Waals surface area (Å²) in [7, 11) is 0. The fourth-order valence-corrected chi connectivity index (χ4v) is 1.52. The zero-order valence-electron chi connectivity index (χ0n) is 5.24. The van der Waals surface area contributed by atoms with Crippen molar-refractivity contribution in [2.45, 2.75) is 4.90 Å². The van der Waals surface area contributed by atoms with Gasteiger partial charge in [-0.3, -0.25) is 0 Å². The molecule has 1 aliphatic heterocycles. The van der Waals surface area contributed by atoms with Crippen LogP contribution >= 0.6 is 11.8 Å². The highest BCUT2D eigenvalue weighted by molar-refractivity contribution is 8.00. The molecule has 1 radical (unpaired) electrons. The zero-order chi connectivity index (χ0) is 6.81. The van der Waals surface area contributed by atoms with Crippen LogP contribution in [0.5, 0.6) is 0 Å². The Labute approximate surface area is 63.4 Å². The number of fused-ring (bicyclic) bond motifs is 1. The van der Waals surface area contributed by atoms with Crippen LogP contribution in [0.4, 0.5) is 5.82 Å². The molecule has 10 heavy (non-hydrogen) atoms. The Morgan fingerprint density at radius 1 is 1.60 bits per heavy atom. The second-order valence-electron chi connectivity index (χ2n) is 1.88. The second-order valence-corrected chi connectivity index (χ2v) is 2.95. The van der Waals surface area contributed by atoms with Crippen molar-refractivity contribution in [3.63, 3.8) is 0 Å². The van der Waals surface area contributed by atoms with Gasteiger partial charge in [-0.1, -0.05) is 0 Å². The molecule has 0 fully saturated rings. The van der Waals surface area contributed by atoms with Gasteiger partial charge in [0.05, 0.1) is 11.1 Å². The molecule has 49 valence electrons. The van der Waals surface area contributed by atoms with E-state index in [0.717, 1.165) is 16.5 Å². The maximum Gasteiger partial charge on any atom is 0.166 e. The van der Waals surface area contributed by atoms with Crippen LogP contribution in [0.2, 0.25) is 0 Å². The Morgan fingerprint density at radius 2 is 2.60 bits per heavy atom. The highest BCUT2D eigenvalue weighted by atomic mass is 32.2. The third-order valence-corrected chi connectivity index (χ3v) is 2.17. The number of hydrogen-bond acceptors (Lipinski definition) is 3. The zero-order valence-corrected chi connectivity index (χ0v) is 6.06. The van der Waals surface area contributed by atoms with Gasteiger partial charge in [0.15, 0.2) is 5.82 Å². The van der Waals surface area contributed by atoms with Gasteiger partial charge in [-0.05, 0) is 12.1 Å². The lowest BCUT2D eigenvalue weighted by molar-refractivity contribution is 1.18. The van der Waals surface area contributed by atoms with Gasteiger partial charge in [-0.2, -0.15) is 0 Å². The summed E-state index contributed by atoms with van der Waals surface area (Å²) in [5, 5.41) is 0. The van der Waals surface area contributed by atoms with Crippen LogP contribution in [0.3, 0.4) is 0 Å². The molecule has 0 aromatic carbocycles. The number of aromatic nitrogens is 1. The van der Waals surface area contributed by atoms with Crippen molar-refractivity contribution in [2.24, 2.45) is 4.99 Å². The summed E-state index contributed by atoms with van der Waals surface area (Å²) in [5.74, 6) is 1.76. The van der Waals surface area contributed by atoms with E-state index < -0.39 is 0 Å². The molecular formula is C7H5N2S. The molecule has 0 bridgehead atoms. The molecule has 1 aliphatic rings. The largest absolute Gasteiger partial charge is 0.240 e. The summed E-state index contributed by atoms with van der Waals surface area (Å²) >= 11 is 1.76. The minimum Gasteiger partial charge on any atom is -0.240 e. The summed E-state index contributed by atoms with van der Waals surface area (Å²) in [4.78, 5) is 9.23. The highest BCUT2D eigenvalue weighted by Crippen LogP contribution is 2.28. The van der Waals surface area contributed by atoms with Crippen molar-refractivity contribution in [1.29, 1.82) is 0 Å². The van der Waals surface area contributed by atoms with Gasteiger partial charge in [0.25, 0.3) is 0 Å². The van der Waals surface area contributed by atoms with Gasteiger partial charge < -0.3 is 0 Å². The van der Waals surface area contributed by atoms with E-state index in [1.54, 1.807) is 11.8 Å². The van der Waals surface area contributed by atoms with E-state index in [2.05, 4.69) is 16.2 Å². The lowest BCUT2D eigenvalue weighted by Crippen LogP contribution is -1.89. The van der Waals surface area contributed by atoms with Crippen molar-refractivity contribution in [2.75, 3.05) is 5.75 Å². The summed E-state index contributed by atoms with van der Waals surface area (Å²) in [6.07, 6.45) is 4.61. The fraction of sp³-hybridized carbons (Fsp3) is 0.143. The van der Waals surface area contributed by atoms with Crippen LogP contribution in [-0.2, 0) is 0 Å². The normalized spacial score (nSPS) is 14.8. The molecule has 0 aliphatic carbocycles. The Morgan fingerprint density at radius 3 is 3.50 bits per heavy atom. The predicted octanol–water partition coefficient (Wildman–Crippen LogP) is 1.69. The van der Waals surface area contributed by atoms with Crippen LogP contribution in [0, 0.1) is 6.20 Å². The molecule has 2 nitrogen and oxygen atoms in total. The number of nitrogens with zero attached hydrogens (tertiary/aromatic N) is 2. The van der Waals surface area contributed by atoms with E-state index in [0.29, 0.717) is 0 Å². The van der Waals surface area contributed by atoms with Crippen molar-refractivity contribution < 1.29 is 0 Å². The molecule has 0 amide bonds. The average molecular weight is 149 g/mol. The molecule has 0 N–H and O–H groups in total. The number of thioether (sulfide) groups is 1. The van der Waals surface area contributed by atoms with Crippen LogP contribution < -0.4 is 0 Å². The van der Waals surface area contributed by atoms with Gasteiger partial charge in [0.2, 0.25) is 0 Å². The van der Waals surface area contributed by atoms with E-state index in [4.69, 9.17) is 0 Å². The summed E-state index contributed by atoms with van der Waals surface area (Å²) in [6, 6.07) is 3.80. The number of hydrogen-bond donors (Lipinski definition) is 0. The molecule has 2 rings (SSSR count). The lowest BCUT2D eigenvalue weighted by atomic mass is 10.4. The maximum atomic E-state index is 4.10. The molecule has 2 heterocycles. The van der Waals surface area contributed by atoms with Crippen LogP contribution in [-0.4, -0.2) is 17.0 Å². The van der Waals surface area contributed by atoms with E-state index in [-0.39, 0.29) is 0 Å². The Hall–Kier alpha value is -0.830. The minimum absolute atomic E-state index is 0.804. The average Bonchev–Trinajstić information content (AvgIpc) is 2.05. The third-order valence-electron chi connectivity index (χ3n) is 1.23. The van der Waals surface area contributed by atoms with Gasteiger partial charge in [-0.25, -0.2) is 9.98 Å². The summed E-state index contributed by atoms with van der Waals surface area (Å²) in [5.41, 5.74) is 0. The Bertz CT molecular complexity index is 270. The first-order valence-corrected chi connectivity index (χ1v) is 3.98. The Kier molecular flexibility index (Phi) is 1.43. The third kappa shape index (κ3) is 0.926.